The van der Waals surface area contributed by atoms with Crippen molar-refractivity contribution >= 4 is 33.8 Å². The molecule has 1 aromatic carbocycles. The largest absolute Gasteiger partial charge is 0.331 e. The van der Waals surface area contributed by atoms with Gasteiger partial charge in [0.15, 0.2) is 4.77 Å². The first kappa shape index (κ1) is 13.9. The lowest BCUT2D eigenvalue weighted by molar-refractivity contribution is 0.249. The van der Waals surface area contributed by atoms with Crippen molar-refractivity contribution in [3.05, 3.63) is 61.5 Å². The van der Waals surface area contributed by atoms with Crippen LogP contribution in [0.2, 0.25) is 0 Å². The monoisotopic (exact) mass is 329 g/mol. The predicted octanol–water partition coefficient (Wildman–Crippen LogP) is 3.21. The molecule has 2 N–H and O–H groups in total. The van der Waals surface area contributed by atoms with E-state index in [1.54, 1.807) is 11.3 Å². The van der Waals surface area contributed by atoms with E-state index in [2.05, 4.69) is 39.1 Å². The zero-order valence-electron chi connectivity index (χ0n) is 11.9. The molecule has 0 bridgehead atoms. The van der Waals surface area contributed by atoms with Crippen LogP contribution in [0.3, 0.4) is 0 Å². The van der Waals surface area contributed by atoms with Gasteiger partial charge in [0.05, 0.1) is 5.52 Å². The molecule has 4 nitrogen and oxygen atoms in total. The highest BCUT2D eigenvalue weighted by molar-refractivity contribution is 7.71. The molecule has 0 atom stereocenters. The number of thiophene rings is 1. The molecule has 1 aliphatic rings. The summed E-state index contributed by atoms with van der Waals surface area (Å²) >= 11 is 6.68. The maximum Gasteiger partial charge on any atom is 0.269 e. The summed E-state index contributed by atoms with van der Waals surface area (Å²) in [4.78, 5) is 21.6. The van der Waals surface area contributed by atoms with E-state index < -0.39 is 0 Å². The van der Waals surface area contributed by atoms with Crippen LogP contribution in [-0.4, -0.2) is 21.4 Å². The quantitative estimate of drug-likeness (QED) is 0.710. The lowest BCUT2D eigenvalue weighted by Gasteiger charge is -2.26. The fraction of sp³-hybridized carbons (Fsp3) is 0.250. The number of H-pyrrole nitrogens is 2. The molecule has 0 radical (unpaired) electrons. The molecule has 0 spiro atoms. The van der Waals surface area contributed by atoms with E-state index in [9.17, 15) is 4.79 Å². The molecule has 22 heavy (non-hydrogen) atoms. The number of hydrogen-bond acceptors (Lipinski definition) is 4. The van der Waals surface area contributed by atoms with Gasteiger partial charge in [-0.05, 0) is 29.8 Å². The van der Waals surface area contributed by atoms with Crippen LogP contribution in [-0.2, 0) is 19.5 Å². The topological polar surface area (TPSA) is 51.9 Å². The van der Waals surface area contributed by atoms with Crippen molar-refractivity contribution in [1.29, 1.82) is 0 Å². The van der Waals surface area contributed by atoms with Crippen molar-refractivity contribution in [3.8, 4) is 0 Å². The van der Waals surface area contributed by atoms with E-state index in [0.29, 0.717) is 4.77 Å². The second-order valence-electron chi connectivity index (χ2n) is 5.56. The van der Waals surface area contributed by atoms with E-state index in [-0.39, 0.29) is 5.56 Å². The number of nitrogens with zero attached hydrogens (tertiary/aromatic N) is 1. The summed E-state index contributed by atoms with van der Waals surface area (Å²) in [6.45, 7) is 2.84. The van der Waals surface area contributed by atoms with E-state index in [0.717, 1.165) is 36.3 Å². The molecule has 0 saturated carbocycles. The zero-order valence-corrected chi connectivity index (χ0v) is 13.5. The number of benzene rings is 1. The molecule has 3 heterocycles. The van der Waals surface area contributed by atoms with Crippen molar-refractivity contribution < 1.29 is 0 Å². The van der Waals surface area contributed by atoms with Crippen molar-refractivity contribution in [3.63, 3.8) is 0 Å². The lowest BCUT2D eigenvalue weighted by atomic mass is 10.1. The summed E-state index contributed by atoms with van der Waals surface area (Å²) in [5.41, 5.74) is 3.45. The minimum absolute atomic E-state index is 0.0761. The Morgan fingerprint density at radius 3 is 2.86 bits per heavy atom. The Morgan fingerprint density at radius 2 is 2.05 bits per heavy atom. The third-order valence-electron chi connectivity index (χ3n) is 4.06. The van der Waals surface area contributed by atoms with Crippen molar-refractivity contribution in [2.24, 2.45) is 0 Å². The molecular formula is C16H15N3OS2. The third kappa shape index (κ3) is 2.43. The van der Waals surface area contributed by atoms with Crippen LogP contribution in [0.15, 0.2) is 35.1 Å². The number of hydrogen-bond donors (Lipinski definition) is 2. The summed E-state index contributed by atoms with van der Waals surface area (Å²) < 4.78 is 1.17. The van der Waals surface area contributed by atoms with Gasteiger partial charge in [-0.15, -0.1) is 11.3 Å². The zero-order chi connectivity index (χ0) is 15.1. The van der Waals surface area contributed by atoms with Crippen molar-refractivity contribution in [1.82, 2.24) is 14.9 Å². The fourth-order valence-corrected chi connectivity index (χ4v) is 4.47. The molecule has 1 aliphatic heterocycles. The molecule has 2 aromatic heterocycles. The van der Waals surface area contributed by atoms with Crippen LogP contribution in [0.4, 0.5) is 0 Å². The highest BCUT2D eigenvalue weighted by Crippen LogP contribution is 2.32. The van der Waals surface area contributed by atoms with E-state index in [1.165, 1.54) is 16.0 Å². The smallest absolute Gasteiger partial charge is 0.269 e. The van der Waals surface area contributed by atoms with Crippen LogP contribution < -0.4 is 5.56 Å². The molecular weight excluding hydrogens is 314 g/mol. The molecule has 6 heteroatoms. The summed E-state index contributed by atoms with van der Waals surface area (Å²) in [6, 6.07) is 10.5. The number of aromatic nitrogens is 2. The van der Waals surface area contributed by atoms with Gasteiger partial charge >= 0.3 is 0 Å². The van der Waals surface area contributed by atoms with Crippen LogP contribution >= 0.6 is 23.6 Å². The van der Waals surface area contributed by atoms with E-state index >= 15 is 0 Å². The molecule has 0 aliphatic carbocycles. The standard InChI is InChI=1S/C16H15N3OS2/c20-15-14-13(17-16(21)18-15)11-6-7-19(9-12(11)22-14)8-10-4-2-1-3-5-10/h1-5H,6-9H2,(H2,17,18,20,21). The third-order valence-corrected chi connectivity index (χ3v) is 5.48. The number of aromatic amines is 2. The SMILES string of the molecule is O=c1[nH]c(=S)[nH]c2c3c(sc12)CN(Cc1ccccc1)CC3. The maximum absolute atomic E-state index is 12.0. The Balaban J connectivity index is 1.68. The number of nitrogens with one attached hydrogen (secondary N) is 2. The van der Waals surface area contributed by atoms with Gasteiger partial charge in [-0.3, -0.25) is 14.7 Å². The molecule has 0 fully saturated rings. The lowest BCUT2D eigenvalue weighted by Crippen LogP contribution is -2.29. The Hall–Kier alpha value is -1.76. The first-order chi connectivity index (χ1) is 10.7. The van der Waals surface area contributed by atoms with Gasteiger partial charge in [-0.25, -0.2) is 0 Å². The summed E-state index contributed by atoms with van der Waals surface area (Å²) in [5.74, 6) is 0. The highest BCUT2D eigenvalue weighted by atomic mass is 32.1. The first-order valence-corrected chi connectivity index (χ1v) is 8.46. The average molecular weight is 329 g/mol. The maximum atomic E-state index is 12.0. The fourth-order valence-electron chi connectivity index (χ4n) is 3.03. The molecule has 0 amide bonds. The van der Waals surface area contributed by atoms with E-state index in [4.69, 9.17) is 12.2 Å². The van der Waals surface area contributed by atoms with Gasteiger partial charge in [-0.1, -0.05) is 30.3 Å². The second kappa shape index (κ2) is 5.46. The summed E-state index contributed by atoms with van der Waals surface area (Å²) in [5, 5.41) is 0. The Kier molecular flexibility index (Phi) is 3.44. The van der Waals surface area contributed by atoms with Crippen molar-refractivity contribution in [2.75, 3.05) is 6.54 Å². The van der Waals surface area contributed by atoms with E-state index in [1.807, 2.05) is 6.07 Å². The van der Waals surface area contributed by atoms with Crippen LogP contribution in [0.1, 0.15) is 16.0 Å². The van der Waals surface area contributed by atoms with Crippen molar-refractivity contribution in [2.45, 2.75) is 19.5 Å². The molecule has 3 aromatic rings. The summed E-state index contributed by atoms with van der Waals surface area (Å²) in [6.07, 6.45) is 0.955. The van der Waals surface area contributed by atoms with Gasteiger partial charge in [0.2, 0.25) is 0 Å². The molecule has 112 valence electrons. The summed E-state index contributed by atoms with van der Waals surface area (Å²) in [7, 11) is 0. The number of fused-ring (bicyclic) bond motifs is 3. The predicted molar refractivity (Wildman–Crippen MR) is 91.9 cm³/mol. The van der Waals surface area contributed by atoms with Gasteiger partial charge in [0, 0.05) is 24.5 Å². The van der Waals surface area contributed by atoms with Crippen LogP contribution in [0.25, 0.3) is 10.2 Å². The number of rotatable bonds is 2. The minimum atomic E-state index is -0.0761. The van der Waals surface area contributed by atoms with Gasteiger partial charge < -0.3 is 4.98 Å². The molecule has 4 rings (SSSR count). The van der Waals surface area contributed by atoms with Gasteiger partial charge in [0.1, 0.15) is 4.70 Å². The van der Waals surface area contributed by atoms with Gasteiger partial charge in [-0.2, -0.15) is 0 Å². The normalized spacial score (nSPS) is 15.1. The molecule has 0 saturated heterocycles. The minimum Gasteiger partial charge on any atom is -0.331 e. The Morgan fingerprint density at radius 1 is 1.23 bits per heavy atom. The van der Waals surface area contributed by atoms with Crippen LogP contribution in [0, 0.1) is 4.77 Å². The van der Waals surface area contributed by atoms with Crippen LogP contribution in [0.5, 0.6) is 0 Å². The second-order valence-corrected chi connectivity index (χ2v) is 7.08. The van der Waals surface area contributed by atoms with Gasteiger partial charge in [0.25, 0.3) is 5.56 Å². The Labute approximate surface area is 136 Å². The average Bonchev–Trinajstić information content (AvgIpc) is 2.87. The first-order valence-electron chi connectivity index (χ1n) is 7.24. The Bertz CT molecular complexity index is 939. The molecule has 0 unspecified atom stereocenters. The highest BCUT2D eigenvalue weighted by Gasteiger charge is 2.22.